The summed E-state index contributed by atoms with van der Waals surface area (Å²) >= 11 is 12.5. The molecule has 1 aromatic carbocycles. The first-order chi connectivity index (χ1) is 9.90. The minimum Gasteiger partial charge on any atom is -0.389 e. The van der Waals surface area contributed by atoms with Crippen LogP contribution in [0.1, 0.15) is 26.4 Å². The molecule has 21 heavy (non-hydrogen) atoms. The van der Waals surface area contributed by atoms with Gasteiger partial charge in [-0.2, -0.15) is 0 Å². The van der Waals surface area contributed by atoms with Crippen LogP contribution >= 0.6 is 35.2 Å². The molecule has 0 aliphatic carbocycles. The van der Waals surface area contributed by atoms with Crippen molar-refractivity contribution in [2.24, 2.45) is 5.73 Å². The second kappa shape index (κ2) is 6.56. The summed E-state index contributed by atoms with van der Waals surface area (Å²) in [5.41, 5.74) is 8.32. The molecule has 0 atom stereocenters. The highest BCUT2D eigenvalue weighted by Crippen LogP contribution is 2.28. The van der Waals surface area contributed by atoms with E-state index in [1.165, 1.54) is 11.3 Å². The molecule has 1 amide bonds. The summed E-state index contributed by atoms with van der Waals surface area (Å²) in [6.45, 7) is 2.36. The molecule has 2 aromatic rings. The fraction of sp³-hybridized carbons (Fsp3) is 0.200. The van der Waals surface area contributed by atoms with Gasteiger partial charge in [-0.3, -0.25) is 4.79 Å². The average Bonchev–Trinajstić information content (AvgIpc) is 2.78. The van der Waals surface area contributed by atoms with E-state index in [9.17, 15) is 4.79 Å². The standard InChI is InChI=1S/C15H15ClN2OS2/c1-9-8-21-13(12(9)16)15(19)18(2)7-10-4-3-5-11(6-10)14(17)20/h3-6,8H,7H2,1-2H3,(H2,17,20). The lowest BCUT2D eigenvalue weighted by Crippen LogP contribution is -2.25. The van der Waals surface area contributed by atoms with E-state index in [1.807, 2.05) is 36.6 Å². The largest absolute Gasteiger partial charge is 0.389 e. The van der Waals surface area contributed by atoms with Crippen LogP contribution in [0.5, 0.6) is 0 Å². The Morgan fingerprint density at radius 2 is 2.19 bits per heavy atom. The number of thiocarbonyl (C=S) groups is 1. The minimum absolute atomic E-state index is 0.0844. The van der Waals surface area contributed by atoms with E-state index in [0.717, 1.165) is 16.7 Å². The van der Waals surface area contributed by atoms with Crippen molar-refractivity contribution in [2.75, 3.05) is 7.05 Å². The lowest BCUT2D eigenvalue weighted by molar-refractivity contribution is 0.0790. The molecule has 0 saturated carbocycles. The quantitative estimate of drug-likeness (QED) is 0.866. The fourth-order valence-corrected chi connectivity index (χ4v) is 3.31. The number of nitrogens with two attached hydrogens (primary N) is 1. The molecule has 2 rings (SSSR count). The molecule has 110 valence electrons. The molecule has 2 N–H and O–H groups in total. The fourth-order valence-electron chi connectivity index (χ4n) is 1.92. The molecule has 3 nitrogen and oxygen atoms in total. The number of hydrogen-bond acceptors (Lipinski definition) is 3. The van der Waals surface area contributed by atoms with Crippen molar-refractivity contribution in [3.8, 4) is 0 Å². The molecule has 1 aromatic heterocycles. The van der Waals surface area contributed by atoms with Gasteiger partial charge in [0, 0.05) is 19.2 Å². The lowest BCUT2D eigenvalue weighted by atomic mass is 10.1. The molecule has 0 radical (unpaired) electrons. The van der Waals surface area contributed by atoms with Crippen molar-refractivity contribution in [3.63, 3.8) is 0 Å². The zero-order valence-electron chi connectivity index (χ0n) is 11.7. The number of carbonyl (C=O) groups excluding carboxylic acids is 1. The molecule has 0 spiro atoms. The summed E-state index contributed by atoms with van der Waals surface area (Å²) in [6.07, 6.45) is 0. The zero-order valence-corrected chi connectivity index (χ0v) is 14.1. The van der Waals surface area contributed by atoms with Crippen molar-refractivity contribution >= 4 is 46.1 Å². The van der Waals surface area contributed by atoms with E-state index >= 15 is 0 Å². The van der Waals surface area contributed by atoms with Gasteiger partial charge in [-0.15, -0.1) is 11.3 Å². The van der Waals surface area contributed by atoms with Crippen molar-refractivity contribution in [1.29, 1.82) is 0 Å². The molecule has 0 bridgehead atoms. The van der Waals surface area contributed by atoms with Gasteiger partial charge in [0.2, 0.25) is 0 Å². The van der Waals surface area contributed by atoms with Crippen LogP contribution in [0.15, 0.2) is 29.6 Å². The number of benzene rings is 1. The van der Waals surface area contributed by atoms with Crippen molar-refractivity contribution in [2.45, 2.75) is 13.5 Å². The number of hydrogen-bond donors (Lipinski definition) is 1. The van der Waals surface area contributed by atoms with E-state index < -0.39 is 0 Å². The molecule has 0 aliphatic heterocycles. The van der Waals surface area contributed by atoms with Gasteiger partial charge in [-0.1, -0.05) is 42.0 Å². The van der Waals surface area contributed by atoms with Crippen LogP contribution in [-0.4, -0.2) is 22.8 Å². The van der Waals surface area contributed by atoms with Crippen LogP contribution in [0.2, 0.25) is 5.02 Å². The van der Waals surface area contributed by atoms with Crippen molar-refractivity contribution in [3.05, 3.63) is 56.2 Å². The third-order valence-corrected chi connectivity index (χ3v) is 4.99. The number of thiophene rings is 1. The highest BCUT2D eigenvalue weighted by atomic mass is 35.5. The summed E-state index contributed by atoms with van der Waals surface area (Å²) in [6, 6.07) is 7.57. The average molecular weight is 339 g/mol. The van der Waals surface area contributed by atoms with Crippen LogP contribution in [0.3, 0.4) is 0 Å². The van der Waals surface area contributed by atoms with E-state index in [0.29, 0.717) is 21.4 Å². The van der Waals surface area contributed by atoms with Crippen LogP contribution in [0, 0.1) is 6.92 Å². The number of rotatable bonds is 4. The zero-order chi connectivity index (χ0) is 15.6. The normalized spacial score (nSPS) is 10.4. The number of carbonyl (C=O) groups is 1. The minimum atomic E-state index is -0.0844. The second-order valence-electron chi connectivity index (χ2n) is 4.79. The maximum Gasteiger partial charge on any atom is 0.265 e. The van der Waals surface area contributed by atoms with Gasteiger partial charge in [0.25, 0.3) is 5.91 Å². The molecular formula is C15H15ClN2OS2. The molecular weight excluding hydrogens is 324 g/mol. The molecule has 0 fully saturated rings. The maximum absolute atomic E-state index is 12.4. The predicted octanol–water partition coefficient (Wildman–Crippen LogP) is 3.62. The highest BCUT2D eigenvalue weighted by molar-refractivity contribution is 7.80. The maximum atomic E-state index is 12.4. The lowest BCUT2D eigenvalue weighted by Gasteiger charge is -2.17. The topological polar surface area (TPSA) is 46.3 Å². The first-order valence-electron chi connectivity index (χ1n) is 6.28. The van der Waals surface area contributed by atoms with E-state index in [-0.39, 0.29) is 5.91 Å². The summed E-state index contributed by atoms with van der Waals surface area (Å²) in [7, 11) is 1.75. The van der Waals surface area contributed by atoms with Gasteiger partial charge in [0.05, 0.1) is 5.02 Å². The van der Waals surface area contributed by atoms with E-state index in [2.05, 4.69) is 0 Å². The molecule has 6 heteroatoms. The Hall–Kier alpha value is -1.43. The monoisotopic (exact) mass is 338 g/mol. The first-order valence-corrected chi connectivity index (χ1v) is 7.94. The Morgan fingerprint density at radius 1 is 1.48 bits per heavy atom. The molecule has 1 heterocycles. The molecule has 0 saturated heterocycles. The van der Waals surface area contributed by atoms with Gasteiger partial charge in [-0.05, 0) is 29.5 Å². The number of amides is 1. The van der Waals surface area contributed by atoms with Crippen LogP contribution in [-0.2, 0) is 6.54 Å². The smallest absolute Gasteiger partial charge is 0.265 e. The predicted molar refractivity (Wildman–Crippen MR) is 92.2 cm³/mol. The molecule has 0 aliphatic rings. The van der Waals surface area contributed by atoms with Gasteiger partial charge < -0.3 is 10.6 Å². The Balaban J connectivity index is 2.16. The second-order valence-corrected chi connectivity index (χ2v) is 6.49. The van der Waals surface area contributed by atoms with Crippen LogP contribution < -0.4 is 5.73 Å². The van der Waals surface area contributed by atoms with Crippen molar-refractivity contribution in [1.82, 2.24) is 4.90 Å². The Morgan fingerprint density at radius 3 is 2.76 bits per heavy atom. The first kappa shape index (κ1) is 15.9. The number of aryl methyl sites for hydroxylation is 1. The Kier molecular flexibility index (Phi) is 4.98. The SMILES string of the molecule is Cc1csc(C(=O)N(C)Cc2cccc(C(N)=S)c2)c1Cl. The number of nitrogens with zero attached hydrogens (tertiary/aromatic N) is 1. The van der Waals surface area contributed by atoms with Gasteiger partial charge >= 0.3 is 0 Å². The van der Waals surface area contributed by atoms with Crippen LogP contribution in [0.25, 0.3) is 0 Å². The van der Waals surface area contributed by atoms with E-state index in [1.54, 1.807) is 11.9 Å². The third-order valence-electron chi connectivity index (χ3n) is 3.07. The summed E-state index contributed by atoms with van der Waals surface area (Å²) < 4.78 is 0. The van der Waals surface area contributed by atoms with E-state index in [4.69, 9.17) is 29.6 Å². The van der Waals surface area contributed by atoms with Crippen molar-refractivity contribution < 1.29 is 4.79 Å². The van der Waals surface area contributed by atoms with Crippen LogP contribution in [0.4, 0.5) is 0 Å². The van der Waals surface area contributed by atoms with Gasteiger partial charge in [0.1, 0.15) is 9.87 Å². The van der Waals surface area contributed by atoms with Gasteiger partial charge in [0.15, 0.2) is 0 Å². The summed E-state index contributed by atoms with van der Waals surface area (Å²) in [4.78, 5) is 15.0. The van der Waals surface area contributed by atoms with Gasteiger partial charge in [-0.25, -0.2) is 0 Å². The highest BCUT2D eigenvalue weighted by Gasteiger charge is 2.18. The Labute approximate surface area is 138 Å². The molecule has 0 unspecified atom stereocenters. The Bertz CT molecular complexity index is 697. The summed E-state index contributed by atoms with van der Waals surface area (Å²) in [5, 5.41) is 2.42. The third kappa shape index (κ3) is 3.61. The number of halogens is 1. The summed E-state index contributed by atoms with van der Waals surface area (Å²) in [5.74, 6) is -0.0844.